The largest absolute Gasteiger partial charge is 0.462 e. The molecule has 0 amide bonds. The van der Waals surface area contributed by atoms with Crippen LogP contribution in [0.1, 0.15) is 22.8 Å². The van der Waals surface area contributed by atoms with Gasteiger partial charge in [0.25, 0.3) is 0 Å². The van der Waals surface area contributed by atoms with Crippen LogP contribution in [0.25, 0.3) is 11.3 Å². The van der Waals surface area contributed by atoms with Gasteiger partial charge in [0.05, 0.1) is 28.9 Å². The van der Waals surface area contributed by atoms with Crippen molar-refractivity contribution < 1.29 is 14.5 Å². The van der Waals surface area contributed by atoms with E-state index in [0.29, 0.717) is 41.7 Å². The molecule has 12 heteroatoms. The lowest BCUT2D eigenvalue weighted by atomic mass is 10.1. The van der Waals surface area contributed by atoms with Crippen LogP contribution >= 0.6 is 0 Å². The number of rotatable bonds is 10. The standard InChI is InChI=1S/C22H22N8O4/c1-3-34-21(31)16-13-27-22(29-19(16)15-6-4-14(12-23)5-7-15)26-11-10-25-18-9-8-17(30(32)33)20(24-2)28-18/h4-9,13H,3,10-11H2,1-2H3,(H2,24,25,28)(H,26,27,29). The number of esters is 1. The summed E-state index contributed by atoms with van der Waals surface area (Å²) in [6.45, 7) is 2.74. The SMILES string of the molecule is CCOC(=O)c1cnc(NCCNc2ccc([N+](=O)[O-])c(NC)n2)nc1-c1ccc(C#N)cc1. The molecule has 0 saturated heterocycles. The monoisotopic (exact) mass is 462 g/mol. The number of pyridine rings is 1. The second-order valence-corrected chi connectivity index (χ2v) is 6.79. The van der Waals surface area contributed by atoms with E-state index in [1.165, 1.54) is 18.3 Å². The molecule has 3 rings (SSSR count). The number of hydrogen-bond donors (Lipinski definition) is 3. The summed E-state index contributed by atoms with van der Waals surface area (Å²) in [4.78, 5) is 35.7. The van der Waals surface area contributed by atoms with Gasteiger partial charge < -0.3 is 20.7 Å². The van der Waals surface area contributed by atoms with Crippen LogP contribution in [-0.4, -0.2) is 52.6 Å². The van der Waals surface area contributed by atoms with Crippen LogP contribution in [0.15, 0.2) is 42.6 Å². The van der Waals surface area contributed by atoms with Gasteiger partial charge in [-0.3, -0.25) is 10.1 Å². The van der Waals surface area contributed by atoms with Crippen LogP contribution in [0.4, 0.5) is 23.3 Å². The zero-order valence-electron chi connectivity index (χ0n) is 18.5. The molecule has 0 aliphatic rings. The number of aromatic nitrogens is 3. The molecular weight excluding hydrogens is 440 g/mol. The smallest absolute Gasteiger partial charge is 0.341 e. The van der Waals surface area contributed by atoms with Crippen molar-refractivity contribution >= 4 is 29.2 Å². The van der Waals surface area contributed by atoms with E-state index in [0.717, 1.165) is 0 Å². The molecule has 0 bridgehead atoms. The fourth-order valence-electron chi connectivity index (χ4n) is 2.99. The lowest BCUT2D eigenvalue weighted by Crippen LogP contribution is -2.17. The van der Waals surface area contributed by atoms with Crippen molar-refractivity contribution in [2.75, 3.05) is 42.7 Å². The summed E-state index contributed by atoms with van der Waals surface area (Å²) in [5, 5.41) is 28.9. The number of hydrogen-bond acceptors (Lipinski definition) is 11. The zero-order chi connectivity index (χ0) is 24.5. The van der Waals surface area contributed by atoms with Gasteiger partial charge in [0, 0.05) is 38.0 Å². The summed E-state index contributed by atoms with van der Waals surface area (Å²) in [5.74, 6) is 0.378. The molecular formula is C22H22N8O4. The Morgan fingerprint density at radius 1 is 1.15 bits per heavy atom. The molecule has 3 aromatic rings. The molecule has 0 saturated carbocycles. The van der Waals surface area contributed by atoms with E-state index in [1.54, 1.807) is 38.2 Å². The Kier molecular flexibility index (Phi) is 7.85. The van der Waals surface area contributed by atoms with Gasteiger partial charge in [0.15, 0.2) is 0 Å². The highest BCUT2D eigenvalue weighted by Gasteiger charge is 2.18. The van der Waals surface area contributed by atoms with Gasteiger partial charge >= 0.3 is 11.7 Å². The Bertz CT molecular complexity index is 1220. The maximum atomic E-state index is 12.4. The Hall–Kier alpha value is -4.79. The van der Waals surface area contributed by atoms with Crippen molar-refractivity contribution in [2.45, 2.75) is 6.92 Å². The Morgan fingerprint density at radius 3 is 2.53 bits per heavy atom. The molecule has 0 aliphatic carbocycles. The van der Waals surface area contributed by atoms with Crippen LogP contribution in [0.3, 0.4) is 0 Å². The molecule has 3 N–H and O–H groups in total. The Balaban J connectivity index is 1.72. The molecule has 1 aromatic carbocycles. The van der Waals surface area contributed by atoms with Crippen molar-refractivity contribution in [1.29, 1.82) is 5.26 Å². The van der Waals surface area contributed by atoms with Gasteiger partial charge in [-0.2, -0.15) is 5.26 Å². The molecule has 174 valence electrons. The number of nitrogens with zero attached hydrogens (tertiary/aromatic N) is 5. The average Bonchev–Trinajstić information content (AvgIpc) is 2.86. The topological polar surface area (TPSA) is 168 Å². The first-order chi connectivity index (χ1) is 16.5. The summed E-state index contributed by atoms with van der Waals surface area (Å²) in [5.41, 5.74) is 1.60. The predicted octanol–water partition coefficient (Wildman–Crippen LogP) is 3.06. The van der Waals surface area contributed by atoms with Crippen LogP contribution in [0, 0.1) is 21.4 Å². The first-order valence-corrected chi connectivity index (χ1v) is 10.3. The number of carbonyl (C=O) groups excluding carboxylic acids is 1. The van der Waals surface area contributed by atoms with Crippen molar-refractivity contribution in [1.82, 2.24) is 15.0 Å². The number of ether oxygens (including phenoxy) is 1. The molecule has 12 nitrogen and oxygen atoms in total. The Labute approximate surface area is 195 Å². The van der Waals surface area contributed by atoms with E-state index in [1.807, 2.05) is 0 Å². The maximum Gasteiger partial charge on any atom is 0.341 e. The molecule has 2 heterocycles. The lowest BCUT2D eigenvalue weighted by Gasteiger charge is -2.12. The highest BCUT2D eigenvalue weighted by Crippen LogP contribution is 2.24. The zero-order valence-corrected chi connectivity index (χ0v) is 18.5. The highest BCUT2D eigenvalue weighted by molar-refractivity contribution is 5.96. The van der Waals surface area contributed by atoms with E-state index in [9.17, 15) is 14.9 Å². The van der Waals surface area contributed by atoms with E-state index in [2.05, 4.69) is 37.0 Å². The summed E-state index contributed by atoms with van der Waals surface area (Å²) in [6.07, 6.45) is 1.39. The van der Waals surface area contributed by atoms with Crippen LogP contribution in [-0.2, 0) is 4.74 Å². The van der Waals surface area contributed by atoms with Crippen molar-refractivity contribution in [2.24, 2.45) is 0 Å². The van der Waals surface area contributed by atoms with Gasteiger partial charge in [-0.25, -0.2) is 19.7 Å². The quantitative estimate of drug-likeness (QED) is 0.175. The minimum atomic E-state index is -0.542. The lowest BCUT2D eigenvalue weighted by molar-refractivity contribution is -0.384. The van der Waals surface area contributed by atoms with Gasteiger partial charge in [0.2, 0.25) is 11.8 Å². The number of nitriles is 1. The third-order valence-electron chi connectivity index (χ3n) is 4.59. The number of carbonyl (C=O) groups is 1. The fourth-order valence-corrected chi connectivity index (χ4v) is 2.99. The molecule has 2 aromatic heterocycles. The molecule has 34 heavy (non-hydrogen) atoms. The number of benzene rings is 1. The maximum absolute atomic E-state index is 12.4. The second-order valence-electron chi connectivity index (χ2n) is 6.79. The minimum absolute atomic E-state index is 0.114. The number of anilines is 3. The summed E-state index contributed by atoms with van der Waals surface area (Å²) in [7, 11) is 1.56. The van der Waals surface area contributed by atoms with Gasteiger partial charge in [-0.05, 0) is 25.1 Å². The van der Waals surface area contributed by atoms with Crippen molar-refractivity contribution in [3.63, 3.8) is 0 Å². The van der Waals surface area contributed by atoms with Crippen LogP contribution in [0.2, 0.25) is 0 Å². The highest BCUT2D eigenvalue weighted by atomic mass is 16.6. The molecule has 0 fully saturated rings. The predicted molar refractivity (Wildman–Crippen MR) is 126 cm³/mol. The summed E-state index contributed by atoms with van der Waals surface area (Å²) >= 11 is 0. The first-order valence-electron chi connectivity index (χ1n) is 10.3. The van der Waals surface area contributed by atoms with E-state index in [4.69, 9.17) is 10.00 Å². The van der Waals surface area contributed by atoms with Gasteiger partial charge in [0.1, 0.15) is 11.4 Å². The van der Waals surface area contributed by atoms with Crippen molar-refractivity contribution in [3.8, 4) is 17.3 Å². The fraction of sp³-hybridized carbons (Fsp3) is 0.227. The van der Waals surface area contributed by atoms with Crippen molar-refractivity contribution in [3.05, 3.63) is 63.8 Å². The number of nitro groups is 1. The number of nitrogens with one attached hydrogen (secondary N) is 3. The minimum Gasteiger partial charge on any atom is -0.462 e. The van der Waals surface area contributed by atoms with Gasteiger partial charge in [-0.15, -0.1) is 0 Å². The normalized spacial score (nSPS) is 10.1. The molecule has 0 radical (unpaired) electrons. The molecule has 0 atom stereocenters. The van der Waals surface area contributed by atoms with E-state index >= 15 is 0 Å². The summed E-state index contributed by atoms with van der Waals surface area (Å²) < 4.78 is 5.11. The average molecular weight is 462 g/mol. The van der Waals surface area contributed by atoms with Gasteiger partial charge in [-0.1, -0.05) is 12.1 Å². The van der Waals surface area contributed by atoms with Crippen LogP contribution < -0.4 is 16.0 Å². The third kappa shape index (κ3) is 5.71. The summed E-state index contributed by atoms with van der Waals surface area (Å²) in [6, 6.07) is 11.6. The molecule has 0 aliphatic heterocycles. The van der Waals surface area contributed by atoms with Crippen LogP contribution in [0.5, 0.6) is 0 Å². The third-order valence-corrected chi connectivity index (χ3v) is 4.59. The molecule has 0 spiro atoms. The van der Waals surface area contributed by atoms with E-state index in [-0.39, 0.29) is 23.7 Å². The Morgan fingerprint density at radius 2 is 1.88 bits per heavy atom. The first kappa shape index (κ1) is 23.9. The second kappa shape index (κ2) is 11.2. The van der Waals surface area contributed by atoms with E-state index < -0.39 is 10.9 Å². The molecule has 0 unspecified atom stereocenters.